The maximum atomic E-state index is 12.1. The minimum atomic E-state index is -0.0870. The van der Waals surface area contributed by atoms with Crippen molar-refractivity contribution < 1.29 is 9.53 Å². The SMILES string of the molecule is Nc1ccc2c(C(=O)NCCOCC3CC3)c[nH]c2c1. The molecule has 1 aliphatic rings. The van der Waals surface area contributed by atoms with E-state index < -0.39 is 0 Å². The molecule has 0 radical (unpaired) electrons. The topological polar surface area (TPSA) is 80.1 Å². The molecule has 0 bridgehead atoms. The van der Waals surface area contributed by atoms with E-state index in [1.807, 2.05) is 12.1 Å². The number of H-pyrrole nitrogens is 1. The fourth-order valence-corrected chi connectivity index (χ4v) is 2.20. The van der Waals surface area contributed by atoms with Crippen LogP contribution >= 0.6 is 0 Å². The molecule has 1 aromatic carbocycles. The Labute approximate surface area is 117 Å². The Morgan fingerprint density at radius 2 is 2.30 bits per heavy atom. The first kappa shape index (κ1) is 13.0. The Kier molecular flexibility index (Phi) is 3.60. The van der Waals surface area contributed by atoms with Crippen molar-refractivity contribution in [3.05, 3.63) is 30.0 Å². The lowest BCUT2D eigenvalue weighted by molar-refractivity contribution is 0.0908. The van der Waals surface area contributed by atoms with Gasteiger partial charge in [0.15, 0.2) is 0 Å². The van der Waals surface area contributed by atoms with Gasteiger partial charge in [0.05, 0.1) is 12.2 Å². The predicted octanol–water partition coefficient (Wildman–Crippen LogP) is 1.91. The zero-order valence-electron chi connectivity index (χ0n) is 11.3. The number of benzene rings is 1. The molecule has 1 fully saturated rings. The van der Waals surface area contributed by atoms with Crippen LogP contribution < -0.4 is 11.1 Å². The van der Waals surface area contributed by atoms with Crippen molar-refractivity contribution in [2.24, 2.45) is 5.92 Å². The normalized spacial score (nSPS) is 14.6. The van der Waals surface area contributed by atoms with Crippen LogP contribution in [0.2, 0.25) is 0 Å². The molecule has 1 saturated carbocycles. The van der Waals surface area contributed by atoms with Gasteiger partial charge >= 0.3 is 0 Å². The number of amides is 1. The Morgan fingerprint density at radius 1 is 1.45 bits per heavy atom. The van der Waals surface area contributed by atoms with Crippen LogP contribution in [-0.4, -0.2) is 30.6 Å². The third-order valence-corrected chi connectivity index (χ3v) is 3.53. The van der Waals surface area contributed by atoms with Crippen LogP contribution in [0, 0.1) is 5.92 Å². The third-order valence-electron chi connectivity index (χ3n) is 3.53. The number of aromatic nitrogens is 1. The van der Waals surface area contributed by atoms with Gasteiger partial charge in [-0.25, -0.2) is 0 Å². The largest absolute Gasteiger partial charge is 0.399 e. The minimum Gasteiger partial charge on any atom is -0.399 e. The first-order valence-corrected chi connectivity index (χ1v) is 6.96. The molecule has 0 spiro atoms. The average molecular weight is 273 g/mol. The highest BCUT2D eigenvalue weighted by atomic mass is 16.5. The van der Waals surface area contributed by atoms with Gasteiger partial charge in [-0.15, -0.1) is 0 Å². The third kappa shape index (κ3) is 2.93. The number of hydrogen-bond donors (Lipinski definition) is 3. The van der Waals surface area contributed by atoms with E-state index in [0.29, 0.717) is 24.4 Å². The van der Waals surface area contributed by atoms with Gasteiger partial charge in [0, 0.05) is 35.9 Å². The van der Waals surface area contributed by atoms with Crippen molar-refractivity contribution in [2.75, 3.05) is 25.5 Å². The van der Waals surface area contributed by atoms with Crippen LogP contribution in [0.5, 0.6) is 0 Å². The van der Waals surface area contributed by atoms with Gasteiger partial charge in [-0.3, -0.25) is 4.79 Å². The molecular weight excluding hydrogens is 254 g/mol. The molecular formula is C15H19N3O2. The van der Waals surface area contributed by atoms with Crippen LogP contribution in [0.1, 0.15) is 23.2 Å². The zero-order chi connectivity index (χ0) is 13.9. The van der Waals surface area contributed by atoms with Crippen LogP contribution in [0.3, 0.4) is 0 Å². The molecule has 2 aromatic rings. The molecule has 3 rings (SSSR count). The standard InChI is InChI=1S/C15H19N3O2/c16-11-3-4-12-13(8-18-14(12)7-11)15(19)17-5-6-20-9-10-1-2-10/h3-4,7-8,10,18H,1-2,5-6,9,16H2,(H,17,19). The van der Waals surface area contributed by atoms with Gasteiger partial charge in [0.2, 0.25) is 0 Å². The zero-order valence-corrected chi connectivity index (χ0v) is 11.3. The lowest BCUT2D eigenvalue weighted by atomic mass is 10.1. The van der Waals surface area contributed by atoms with Gasteiger partial charge in [0.1, 0.15) is 0 Å². The fraction of sp³-hybridized carbons (Fsp3) is 0.400. The summed E-state index contributed by atoms with van der Waals surface area (Å²) in [5.41, 5.74) is 7.91. The summed E-state index contributed by atoms with van der Waals surface area (Å²) in [7, 11) is 0. The monoisotopic (exact) mass is 273 g/mol. The second kappa shape index (κ2) is 5.54. The summed E-state index contributed by atoms with van der Waals surface area (Å²) in [6, 6.07) is 5.48. The molecule has 5 nitrogen and oxygen atoms in total. The highest BCUT2D eigenvalue weighted by molar-refractivity contribution is 6.07. The molecule has 1 amide bonds. The number of ether oxygens (including phenoxy) is 1. The van der Waals surface area contributed by atoms with Crippen molar-refractivity contribution in [2.45, 2.75) is 12.8 Å². The Balaban J connectivity index is 1.54. The molecule has 0 unspecified atom stereocenters. The minimum absolute atomic E-state index is 0.0870. The van der Waals surface area contributed by atoms with Crippen LogP contribution in [0.15, 0.2) is 24.4 Å². The average Bonchev–Trinajstić information content (AvgIpc) is 3.16. The van der Waals surface area contributed by atoms with Crippen LogP contribution in [-0.2, 0) is 4.74 Å². The van der Waals surface area contributed by atoms with Gasteiger partial charge in [-0.05, 0) is 37.0 Å². The number of nitrogens with one attached hydrogen (secondary N) is 2. The summed E-state index contributed by atoms with van der Waals surface area (Å²) in [6.07, 6.45) is 4.28. The van der Waals surface area contributed by atoms with E-state index in [1.165, 1.54) is 12.8 Å². The summed E-state index contributed by atoms with van der Waals surface area (Å²) in [6.45, 7) is 1.92. The van der Waals surface area contributed by atoms with E-state index in [2.05, 4.69) is 10.3 Å². The predicted molar refractivity (Wildman–Crippen MR) is 78.6 cm³/mol. The summed E-state index contributed by atoms with van der Waals surface area (Å²) >= 11 is 0. The number of hydrogen-bond acceptors (Lipinski definition) is 3. The first-order chi connectivity index (χ1) is 9.74. The lowest BCUT2D eigenvalue weighted by Gasteiger charge is -2.05. The van der Waals surface area contributed by atoms with Gasteiger partial charge in [-0.2, -0.15) is 0 Å². The van der Waals surface area contributed by atoms with Crippen molar-refractivity contribution in [3.63, 3.8) is 0 Å². The molecule has 0 atom stereocenters. The van der Waals surface area contributed by atoms with Gasteiger partial charge < -0.3 is 20.8 Å². The van der Waals surface area contributed by atoms with E-state index in [9.17, 15) is 4.79 Å². The summed E-state index contributed by atoms with van der Waals surface area (Å²) in [4.78, 5) is 15.2. The Bertz CT molecular complexity index is 617. The van der Waals surface area contributed by atoms with Crippen molar-refractivity contribution >= 4 is 22.5 Å². The van der Waals surface area contributed by atoms with E-state index in [-0.39, 0.29) is 5.91 Å². The Hall–Kier alpha value is -2.01. The first-order valence-electron chi connectivity index (χ1n) is 6.96. The maximum Gasteiger partial charge on any atom is 0.253 e. The molecule has 4 N–H and O–H groups in total. The van der Waals surface area contributed by atoms with Gasteiger partial charge in [-0.1, -0.05) is 0 Å². The van der Waals surface area contributed by atoms with Gasteiger partial charge in [0.25, 0.3) is 5.91 Å². The van der Waals surface area contributed by atoms with Crippen LogP contribution in [0.4, 0.5) is 5.69 Å². The van der Waals surface area contributed by atoms with Crippen molar-refractivity contribution in [1.82, 2.24) is 10.3 Å². The quantitative estimate of drug-likeness (QED) is 0.555. The number of nitrogens with two attached hydrogens (primary N) is 1. The second-order valence-corrected chi connectivity index (χ2v) is 5.28. The van der Waals surface area contributed by atoms with Crippen molar-refractivity contribution in [3.8, 4) is 0 Å². The number of nitrogen functional groups attached to an aromatic ring is 1. The molecule has 1 aromatic heterocycles. The van der Waals surface area contributed by atoms with E-state index >= 15 is 0 Å². The van der Waals surface area contributed by atoms with Crippen molar-refractivity contribution in [1.29, 1.82) is 0 Å². The van der Waals surface area contributed by atoms with E-state index in [1.54, 1.807) is 12.3 Å². The highest BCUT2D eigenvalue weighted by Gasteiger charge is 2.21. The second-order valence-electron chi connectivity index (χ2n) is 5.28. The molecule has 0 aliphatic heterocycles. The summed E-state index contributed by atoms with van der Waals surface area (Å²) < 4.78 is 5.49. The number of anilines is 1. The highest BCUT2D eigenvalue weighted by Crippen LogP contribution is 2.28. The molecule has 106 valence electrons. The number of fused-ring (bicyclic) bond motifs is 1. The number of carbonyl (C=O) groups is 1. The number of carbonyl (C=O) groups excluding carboxylic acids is 1. The summed E-state index contributed by atoms with van der Waals surface area (Å²) in [5, 5.41) is 3.76. The van der Waals surface area contributed by atoms with E-state index in [0.717, 1.165) is 23.4 Å². The Morgan fingerprint density at radius 3 is 3.10 bits per heavy atom. The molecule has 20 heavy (non-hydrogen) atoms. The molecule has 1 heterocycles. The number of aromatic amines is 1. The molecule has 0 saturated heterocycles. The van der Waals surface area contributed by atoms with Crippen LogP contribution in [0.25, 0.3) is 10.9 Å². The maximum absolute atomic E-state index is 12.1. The fourth-order valence-electron chi connectivity index (χ4n) is 2.20. The lowest BCUT2D eigenvalue weighted by Crippen LogP contribution is -2.27. The molecule has 5 heteroatoms. The summed E-state index contributed by atoms with van der Waals surface area (Å²) in [5.74, 6) is 0.667. The molecule has 1 aliphatic carbocycles. The van der Waals surface area contributed by atoms with E-state index in [4.69, 9.17) is 10.5 Å². The smallest absolute Gasteiger partial charge is 0.253 e. The number of rotatable bonds is 6.